The summed E-state index contributed by atoms with van der Waals surface area (Å²) < 4.78 is 5.30. The summed E-state index contributed by atoms with van der Waals surface area (Å²) >= 11 is 0. The number of nitrogens with zero attached hydrogens (tertiary/aromatic N) is 1. The predicted octanol–water partition coefficient (Wildman–Crippen LogP) is 1.99. The zero-order chi connectivity index (χ0) is 15.4. The molecule has 0 saturated carbocycles. The SMILES string of the molecule is CC(C)(CN1CCC(CO)CC1)NC(=O)OC(C)(C)C. The highest BCUT2D eigenvalue weighted by atomic mass is 16.6. The van der Waals surface area contributed by atoms with Crippen molar-refractivity contribution in [2.75, 3.05) is 26.2 Å². The number of rotatable bonds is 4. The van der Waals surface area contributed by atoms with Gasteiger partial charge in [-0.3, -0.25) is 0 Å². The molecule has 1 rings (SSSR count). The molecule has 0 unspecified atom stereocenters. The fraction of sp³-hybridized carbons (Fsp3) is 0.933. The van der Waals surface area contributed by atoms with Crippen LogP contribution in [-0.2, 0) is 4.74 Å². The van der Waals surface area contributed by atoms with Gasteiger partial charge < -0.3 is 20.1 Å². The van der Waals surface area contributed by atoms with Crippen LogP contribution in [0.4, 0.5) is 4.79 Å². The summed E-state index contributed by atoms with van der Waals surface area (Å²) in [6.07, 6.45) is 1.69. The fourth-order valence-electron chi connectivity index (χ4n) is 2.51. The van der Waals surface area contributed by atoms with Crippen molar-refractivity contribution >= 4 is 6.09 Å². The number of piperidine rings is 1. The van der Waals surface area contributed by atoms with Gasteiger partial charge in [-0.25, -0.2) is 4.79 Å². The van der Waals surface area contributed by atoms with E-state index in [4.69, 9.17) is 9.84 Å². The van der Waals surface area contributed by atoms with E-state index >= 15 is 0 Å². The van der Waals surface area contributed by atoms with Gasteiger partial charge in [0.25, 0.3) is 0 Å². The van der Waals surface area contributed by atoms with Crippen molar-refractivity contribution in [3.8, 4) is 0 Å². The van der Waals surface area contributed by atoms with Crippen molar-refractivity contribution < 1.29 is 14.6 Å². The van der Waals surface area contributed by atoms with E-state index in [1.54, 1.807) is 0 Å². The summed E-state index contributed by atoms with van der Waals surface area (Å²) in [6.45, 7) is 12.6. The number of alkyl carbamates (subject to hydrolysis) is 1. The Hall–Kier alpha value is -0.810. The zero-order valence-corrected chi connectivity index (χ0v) is 13.5. The molecule has 1 fully saturated rings. The van der Waals surface area contributed by atoms with Gasteiger partial charge in [0.2, 0.25) is 0 Å². The molecule has 1 amide bonds. The third-order valence-electron chi connectivity index (χ3n) is 3.42. The van der Waals surface area contributed by atoms with Gasteiger partial charge in [-0.2, -0.15) is 0 Å². The minimum Gasteiger partial charge on any atom is -0.444 e. The van der Waals surface area contributed by atoms with Crippen LogP contribution in [0, 0.1) is 5.92 Å². The van der Waals surface area contributed by atoms with E-state index in [0.29, 0.717) is 5.92 Å². The van der Waals surface area contributed by atoms with E-state index in [9.17, 15) is 4.79 Å². The van der Waals surface area contributed by atoms with Gasteiger partial charge in [-0.05, 0) is 66.5 Å². The van der Waals surface area contributed by atoms with Crippen LogP contribution in [-0.4, -0.2) is 53.5 Å². The average molecular weight is 286 g/mol. The number of hydrogen-bond acceptors (Lipinski definition) is 4. The monoisotopic (exact) mass is 286 g/mol. The normalized spacial score (nSPS) is 18.9. The van der Waals surface area contributed by atoms with E-state index in [0.717, 1.165) is 32.5 Å². The first-order valence-corrected chi connectivity index (χ1v) is 7.46. The molecule has 0 radical (unpaired) electrons. The Balaban J connectivity index is 2.39. The number of ether oxygens (including phenoxy) is 1. The molecule has 5 nitrogen and oxygen atoms in total. The minimum atomic E-state index is -0.473. The molecule has 0 bridgehead atoms. The summed E-state index contributed by atoms with van der Waals surface area (Å²) in [5.74, 6) is 0.438. The lowest BCUT2D eigenvalue weighted by Crippen LogP contribution is -2.53. The van der Waals surface area contributed by atoms with Crippen LogP contribution in [0.1, 0.15) is 47.5 Å². The number of likely N-dealkylation sites (tertiary alicyclic amines) is 1. The summed E-state index contributed by atoms with van der Waals surface area (Å²) in [6, 6.07) is 0. The fourth-order valence-corrected chi connectivity index (χ4v) is 2.51. The smallest absolute Gasteiger partial charge is 0.408 e. The molecule has 1 saturated heterocycles. The molecule has 1 aliphatic rings. The molecule has 0 aromatic rings. The van der Waals surface area contributed by atoms with Gasteiger partial charge in [0.05, 0.1) is 5.54 Å². The standard InChI is InChI=1S/C15H30N2O3/c1-14(2,3)20-13(19)16-15(4,5)11-17-8-6-12(10-18)7-9-17/h12,18H,6-11H2,1-5H3,(H,16,19). The molecule has 0 atom stereocenters. The Morgan fingerprint density at radius 1 is 1.25 bits per heavy atom. The topological polar surface area (TPSA) is 61.8 Å². The molecule has 1 aliphatic heterocycles. The molecular weight excluding hydrogens is 256 g/mol. The Kier molecular flexibility index (Phi) is 5.83. The second-order valence-electron chi connectivity index (χ2n) is 7.41. The molecular formula is C15H30N2O3. The molecule has 0 spiro atoms. The zero-order valence-electron chi connectivity index (χ0n) is 13.5. The number of aliphatic hydroxyl groups excluding tert-OH is 1. The van der Waals surface area contributed by atoms with Crippen LogP contribution >= 0.6 is 0 Å². The van der Waals surface area contributed by atoms with Crippen LogP contribution in [0.5, 0.6) is 0 Å². The first kappa shape index (κ1) is 17.2. The van der Waals surface area contributed by atoms with Gasteiger partial charge in [-0.15, -0.1) is 0 Å². The first-order valence-electron chi connectivity index (χ1n) is 7.46. The van der Waals surface area contributed by atoms with Crippen molar-refractivity contribution in [3.05, 3.63) is 0 Å². The van der Waals surface area contributed by atoms with Gasteiger partial charge in [0, 0.05) is 13.2 Å². The van der Waals surface area contributed by atoms with Crippen molar-refractivity contribution in [1.29, 1.82) is 0 Å². The summed E-state index contributed by atoms with van der Waals surface area (Å²) in [4.78, 5) is 14.2. The van der Waals surface area contributed by atoms with Crippen molar-refractivity contribution in [1.82, 2.24) is 10.2 Å². The van der Waals surface area contributed by atoms with Crippen molar-refractivity contribution in [2.45, 2.75) is 58.6 Å². The molecule has 5 heteroatoms. The van der Waals surface area contributed by atoms with Crippen LogP contribution < -0.4 is 5.32 Å². The number of hydrogen-bond donors (Lipinski definition) is 2. The van der Waals surface area contributed by atoms with Gasteiger partial charge in [-0.1, -0.05) is 0 Å². The van der Waals surface area contributed by atoms with E-state index in [-0.39, 0.29) is 18.2 Å². The molecule has 0 aromatic carbocycles. The molecule has 0 aromatic heterocycles. The van der Waals surface area contributed by atoms with Crippen LogP contribution in [0.25, 0.3) is 0 Å². The highest BCUT2D eigenvalue weighted by Crippen LogP contribution is 2.18. The first-order chi connectivity index (χ1) is 9.11. The Morgan fingerprint density at radius 2 is 1.80 bits per heavy atom. The van der Waals surface area contributed by atoms with Crippen LogP contribution in [0.3, 0.4) is 0 Å². The second kappa shape index (κ2) is 6.76. The quantitative estimate of drug-likeness (QED) is 0.830. The lowest BCUT2D eigenvalue weighted by Gasteiger charge is -2.37. The van der Waals surface area contributed by atoms with E-state index < -0.39 is 5.60 Å². The summed E-state index contributed by atoms with van der Waals surface area (Å²) in [5, 5.41) is 12.1. The second-order valence-corrected chi connectivity index (χ2v) is 7.41. The Labute approximate surface area is 122 Å². The molecule has 0 aliphatic carbocycles. The van der Waals surface area contributed by atoms with Gasteiger partial charge in [0.1, 0.15) is 5.60 Å². The highest BCUT2D eigenvalue weighted by molar-refractivity contribution is 5.68. The molecule has 1 heterocycles. The molecule has 20 heavy (non-hydrogen) atoms. The lowest BCUT2D eigenvalue weighted by atomic mass is 9.96. The maximum absolute atomic E-state index is 11.8. The largest absolute Gasteiger partial charge is 0.444 e. The highest BCUT2D eigenvalue weighted by Gasteiger charge is 2.28. The number of aliphatic hydroxyl groups is 1. The third-order valence-corrected chi connectivity index (χ3v) is 3.42. The summed E-state index contributed by atoms with van der Waals surface area (Å²) in [7, 11) is 0. The number of carbonyl (C=O) groups is 1. The average Bonchev–Trinajstić information content (AvgIpc) is 2.25. The lowest BCUT2D eigenvalue weighted by molar-refractivity contribution is 0.0430. The van der Waals surface area contributed by atoms with Crippen LogP contribution in [0.2, 0.25) is 0 Å². The summed E-state index contributed by atoms with van der Waals surface area (Å²) in [5.41, 5.74) is -0.798. The Morgan fingerprint density at radius 3 is 2.25 bits per heavy atom. The van der Waals surface area contributed by atoms with Crippen LogP contribution in [0.15, 0.2) is 0 Å². The van der Waals surface area contributed by atoms with E-state index in [1.807, 2.05) is 34.6 Å². The van der Waals surface area contributed by atoms with E-state index in [1.165, 1.54) is 0 Å². The Bertz CT molecular complexity index is 316. The number of amides is 1. The molecule has 2 N–H and O–H groups in total. The number of carbonyl (C=O) groups excluding carboxylic acids is 1. The van der Waals surface area contributed by atoms with Gasteiger partial charge >= 0.3 is 6.09 Å². The van der Waals surface area contributed by atoms with E-state index in [2.05, 4.69) is 10.2 Å². The number of nitrogens with one attached hydrogen (secondary N) is 1. The van der Waals surface area contributed by atoms with Crippen molar-refractivity contribution in [2.24, 2.45) is 5.92 Å². The minimum absolute atomic E-state index is 0.285. The maximum atomic E-state index is 11.8. The predicted molar refractivity (Wildman–Crippen MR) is 79.7 cm³/mol. The van der Waals surface area contributed by atoms with Crippen molar-refractivity contribution in [3.63, 3.8) is 0 Å². The maximum Gasteiger partial charge on any atom is 0.408 e. The van der Waals surface area contributed by atoms with Gasteiger partial charge in [0.15, 0.2) is 0 Å². The molecule has 118 valence electrons. The third kappa shape index (κ3) is 6.57.